The number of carboxylic acids is 2. The summed E-state index contributed by atoms with van der Waals surface area (Å²) in [6.07, 6.45) is 4.98. The quantitative estimate of drug-likeness (QED) is 0.361. The van der Waals surface area contributed by atoms with Crippen molar-refractivity contribution < 1.29 is 34.4 Å². The van der Waals surface area contributed by atoms with Gasteiger partial charge in [0, 0.05) is 37.7 Å². The van der Waals surface area contributed by atoms with Gasteiger partial charge >= 0.3 is 11.9 Å². The first-order chi connectivity index (χ1) is 16.8. The maximum Gasteiger partial charge on any atom is 0.320 e. The fourth-order valence-corrected chi connectivity index (χ4v) is 7.84. The van der Waals surface area contributed by atoms with E-state index in [4.69, 9.17) is 14.6 Å². The van der Waals surface area contributed by atoms with E-state index in [1.54, 1.807) is 13.2 Å². The van der Waals surface area contributed by atoms with Crippen LogP contribution in [-0.2, 0) is 26.2 Å². The molecule has 3 aliphatic carbocycles. The number of nitrogens with zero attached hydrogens (tertiary/aromatic N) is 1. The van der Waals surface area contributed by atoms with Crippen LogP contribution in [0, 0.1) is 5.92 Å². The molecule has 2 saturated carbocycles. The fourth-order valence-electron chi connectivity index (χ4n) is 7.84. The van der Waals surface area contributed by atoms with E-state index >= 15 is 0 Å². The second-order valence-electron chi connectivity index (χ2n) is 11.1. The molecule has 3 fully saturated rings. The SMILES string of the molecule is CO[C@@]12CCC(N[C@@H](CCC(=O)O)C(=O)O)C3Oc4c(O)ccc5c4[C@@]31CCN(CC1CC1)[C@@H]2C5.Cl.Cl. The smallest absolute Gasteiger partial charge is 0.320 e. The molecular weight excluding hydrogens is 523 g/mol. The Hall–Kier alpha value is -1.78. The third-order valence-electron chi connectivity index (χ3n) is 9.45. The maximum absolute atomic E-state index is 12.0. The number of benzene rings is 1. The molecule has 4 N–H and O–H groups in total. The van der Waals surface area contributed by atoms with Crippen LogP contribution in [0.4, 0.5) is 0 Å². The summed E-state index contributed by atoms with van der Waals surface area (Å²) >= 11 is 0. The van der Waals surface area contributed by atoms with Gasteiger partial charge in [0.05, 0.1) is 11.0 Å². The zero-order valence-electron chi connectivity index (χ0n) is 20.9. The molecule has 11 heteroatoms. The summed E-state index contributed by atoms with van der Waals surface area (Å²) in [4.78, 5) is 25.7. The number of carbonyl (C=O) groups is 2. The number of nitrogens with one attached hydrogen (secondary N) is 1. The lowest BCUT2D eigenvalue weighted by molar-refractivity contribution is -0.208. The molecule has 2 aliphatic heterocycles. The van der Waals surface area contributed by atoms with Crippen LogP contribution in [0.2, 0.25) is 0 Å². The van der Waals surface area contributed by atoms with Crippen molar-refractivity contribution in [2.24, 2.45) is 5.92 Å². The number of likely N-dealkylation sites (tertiary alicyclic amines) is 1. The molecule has 6 atom stereocenters. The van der Waals surface area contributed by atoms with Crippen LogP contribution in [0.25, 0.3) is 0 Å². The number of carboxylic acid groups (broad SMARTS) is 2. The van der Waals surface area contributed by atoms with Gasteiger partial charge in [0.1, 0.15) is 12.1 Å². The molecule has 2 unspecified atom stereocenters. The predicted octanol–water partition coefficient (Wildman–Crippen LogP) is 2.73. The molecule has 0 radical (unpaired) electrons. The molecule has 1 aromatic rings. The summed E-state index contributed by atoms with van der Waals surface area (Å²) in [7, 11) is 1.79. The molecule has 9 nitrogen and oxygen atoms in total. The summed E-state index contributed by atoms with van der Waals surface area (Å²) in [6, 6.07) is 2.62. The van der Waals surface area contributed by atoms with Crippen LogP contribution in [0.15, 0.2) is 12.1 Å². The van der Waals surface area contributed by atoms with Gasteiger partial charge in [-0.05, 0) is 69.0 Å². The molecule has 37 heavy (non-hydrogen) atoms. The van der Waals surface area contributed by atoms with E-state index in [1.807, 2.05) is 6.07 Å². The minimum absolute atomic E-state index is 0. The van der Waals surface area contributed by atoms with Gasteiger partial charge in [0.15, 0.2) is 11.5 Å². The summed E-state index contributed by atoms with van der Waals surface area (Å²) in [5, 5.41) is 33.0. The lowest BCUT2D eigenvalue weighted by atomic mass is 9.48. The van der Waals surface area contributed by atoms with Crippen molar-refractivity contribution in [3.8, 4) is 11.5 Å². The van der Waals surface area contributed by atoms with E-state index in [0.717, 1.165) is 43.8 Å². The van der Waals surface area contributed by atoms with Gasteiger partial charge in [0.2, 0.25) is 0 Å². The lowest BCUT2D eigenvalue weighted by Crippen LogP contribution is -2.79. The first-order valence-corrected chi connectivity index (χ1v) is 12.8. The molecular formula is C26H36Cl2N2O7. The van der Waals surface area contributed by atoms with Gasteiger partial charge in [0.25, 0.3) is 0 Å². The Morgan fingerprint density at radius 3 is 2.62 bits per heavy atom. The third kappa shape index (κ3) is 4.09. The standard InChI is InChI=1S/C26H34N2O7.2ClH/c1-34-26-9-8-16(27-17(24(32)33)5-7-20(30)31)23-25(26)10-11-28(13-14-2-3-14)19(26)12-15-4-6-18(29)22(35-23)21(15)25;;/h4,6,14,16-17,19,23,27,29H,2-3,5,7-13H2,1H3,(H,30,31)(H,32,33);2*1H/t16?,17-,19+,23?,25-,26+;;/m0../s1. The highest BCUT2D eigenvalue weighted by Gasteiger charge is 2.74. The van der Waals surface area contributed by atoms with Gasteiger partial charge in [-0.25, -0.2) is 0 Å². The fraction of sp³-hybridized carbons (Fsp3) is 0.692. The first-order valence-electron chi connectivity index (χ1n) is 12.8. The van der Waals surface area contributed by atoms with Crippen molar-refractivity contribution in [3.05, 3.63) is 23.3 Å². The molecule has 1 aromatic carbocycles. The summed E-state index contributed by atoms with van der Waals surface area (Å²) in [5.41, 5.74) is 1.23. The number of aromatic hydroxyl groups is 1. The van der Waals surface area contributed by atoms with E-state index in [9.17, 15) is 19.8 Å². The Morgan fingerprint density at radius 2 is 1.97 bits per heavy atom. The second-order valence-corrected chi connectivity index (χ2v) is 11.1. The van der Waals surface area contributed by atoms with Crippen molar-refractivity contribution in [3.63, 3.8) is 0 Å². The van der Waals surface area contributed by atoms with Crippen LogP contribution in [0.3, 0.4) is 0 Å². The second kappa shape index (κ2) is 10.1. The van der Waals surface area contributed by atoms with E-state index < -0.39 is 35.1 Å². The van der Waals surface area contributed by atoms with Gasteiger partial charge in [-0.15, -0.1) is 24.8 Å². The highest BCUT2D eigenvalue weighted by molar-refractivity contribution is 5.85. The molecule has 1 saturated heterocycles. The van der Waals surface area contributed by atoms with Gasteiger partial charge in [-0.1, -0.05) is 6.07 Å². The summed E-state index contributed by atoms with van der Waals surface area (Å²) in [6.45, 7) is 1.99. The number of hydrogen-bond acceptors (Lipinski definition) is 7. The van der Waals surface area contributed by atoms with Crippen molar-refractivity contribution in [2.75, 3.05) is 20.2 Å². The van der Waals surface area contributed by atoms with Gasteiger partial charge in [-0.2, -0.15) is 0 Å². The number of rotatable bonds is 9. The molecule has 0 aromatic heterocycles. The zero-order chi connectivity index (χ0) is 24.5. The Bertz CT molecular complexity index is 1070. The van der Waals surface area contributed by atoms with Crippen molar-refractivity contribution in [1.82, 2.24) is 10.2 Å². The molecule has 2 bridgehead atoms. The number of phenolic OH excluding ortho intramolecular Hbond substituents is 1. The van der Waals surface area contributed by atoms with Crippen LogP contribution in [0.1, 0.15) is 56.1 Å². The number of methoxy groups -OCH3 is 1. The van der Waals surface area contributed by atoms with Crippen molar-refractivity contribution in [2.45, 2.75) is 86.6 Å². The van der Waals surface area contributed by atoms with Crippen molar-refractivity contribution in [1.29, 1.82) is 0 Å². The van der Waals surface area contributed by atoms with Crippen LogP contribution in [0.5, 0.6) is 11.5 Å². The Morgan fingerprint density at radius 1 is 1.22 bits per heavy atom. The Kier molecular flexibility index (Phi) is 7.69. The van der Waals surface area contributed by atoms with Gasteiger partial charge < -0.3 is 24.8 Å². The molecule has 1 spiro atoms. The average molecular weight is 559 g/mol. The number of phenols is 1. The summed E-state index contributed by atoms with van der Waals surface area (Å²) < 4.78 is 13.1. The Balaban J connectivity index is 0.00000160. The topological polar surface area (TPSA) is 129 Å². The predicted molar refractivity (Wildman–Crippen MR) is 139 cm³/mol. The number of hydrogen-bond donors (Lipinski definition) is 4. The average Bonchev–Trinajstić information content (AvgIpc) is 3.57. The van der Waals surface area contributed by atoms with E-state index in [-0.39, 0.29) is 55.5 Å². The monoisotopic (exact) mass is 558 g/mol. The number of piperidine rings is 1. The molecule has 5 aliphatic rings. The lowest BCUT2D eigenvalue weighted by Gasteiger charge is -2.65. The largest absolute Gasteiger partial charge is 0.504 e. The highest BCUT2D eigenvalue weighted by atomic mass is 35.5. The first kappa shape index (κ1) is 28.2. The minimum Gasteiger partial charge on any atom is -0.504 e. The summed E-state index contributed by atoms with van der Waals surface area (Å²) in [5.74, 6) is -0.707. The number of aliphatic carboxylic acids is 2. The molecule has 2 heterocycles. The number of halogens is 2. The van der Waals surface area contributed by atoms with Crippen LogP contribution >= 0.6 is 24.8 Å². The molecule has 206 valence electrons. The molecule has 0 amide bonds. The van der Waals surface area contributed by atoms with Crippen LogP contribution in [-0.4, -0.2) is 82.2 Å². The maximum atomic E-state index is 12.0. The van der Waals surface area contributed by atoms with Gasteiger partial charge in [-0.3, -0.25) is 19.8 Å². The van der Waals surface area contributed by atoms with E-state index in [0.29, 0.717) is 12.2 Å². The van der Waals surface area contributed by atoms with Crippen molar-refractivity contribution >= 4 is 36.8 Å². The normalized spacial score (nSPS) is 33.8. The van der Waals surface area contributed by atoms with E-state index in [1.165, 1.54) is 18.4 Å². The zero-order valence-corrected chi connectivity index (χ0v) is 22.5. The minimum atomic E-state index is -1.06. The van der Waals surface area contributed by atoms with E-state index in [2.05, 4.69) is 10.2 Å². The molecule has 6 rings (SSSR count). The highest BCUT2D eigenvalue weighted by Crippen LogP contribution is 2.66. The van der Waals surface area contributed by atoms with Crippen LogP contribution < -0.4 is 10.1 Å². The third-order valence-corrected chi connectivity index (χ3v) is 9.45. The number of ether oxygens (including phenoxy) is 2. The Labute approximate surface area is 228 Å².